The summed E-state index contributed by atoms with van der Waals surface area (Å²) in [5.41, 5.74) is 2.68. The van der Waals surface area contributed by atoms with Crippen molar-refractivity contribution in [2.75, 3.05) is 28.1 Å². The molecule has 0 spiro atoms. The zero-order valence-corrected chi connectivity index (χ0v) is 20.1. The molecular weight excluding hydrogens is 454 g/mol. The minimum absolute atomic E-state index is 0.175. The lowest BCUT2D eigenvalue weighted by Gasteiger charge is -2.23. The second kappa shape index (κ2) is 10.8. The normalized spacial score (nSPS) is 10.9. The number of hydrogen-bond donors (Lipinski definition) is 2. The SMILES string of the molecule is CCN(c1ccc(OCC(=O)Nc2ccc(NC(C)=O)cc2)cc1)S(=O)(=O)c1ccc(C)cc1. The number of rotatable bonds is 9. The van der Waals surface area contributed by atoms with Gasteiger partial charge in [0, 0.05) is 24.8 Å². The first-order valence-electron chi connectivity index (χ1n) is 10.7. The van der Waals surface area contributed by atoms with Gasteiger partial charge in [-0.3, -0.25) is 13.9 Å². The lowest BCUT2D eigenvalue weighted by molar-refractivity contribution is -0.118. The van der Waals surface area contributed by atoms with E-state index in [0.717, 1.165) is 5.56 Å². The molecule has 0 aliphatic carbocycles. The molecule has 8 nitrogen and oxygen atoms in total. The largest absolute Gasteiger partial charge is 0.484 e. The van der Waals surface area contributed by atoms with Gasteiger partial charge in [0.05, 0.1) is 10.6 Å². The topological polar surface area (TPSA) is 105 Å². The quantitative estimate of drug-likeness (QED) is 0.477. The molecule has 2 amide bonds. The van der Waals surface area contributed by atoms with Crippen LogP contribution in [0.5, 0.6) is 5.75 Å². The lowest BCUT2D eigenvalue weighted by Crippen LogP contribution is -2.30. The average Bonchev–Trinajstić information content (AvgIpc) is 2.80. The Labute approximate surface area is 199 Å². The van der Waals surface area contributed by atoms with Crippen molar-refractivity contribution in [3.05, 3.63) is 78.4 Å². The molecule has 3 rings (SSSR count). The molecule has 0 atom stereocenters. The molecule has 0 saturated carbocycles. The Balaban J connectivity index is 1.60. The molecule has 0 aliphatic heterocycles. The molecule has 0 bridgehead atoms. The van der Waals surface area contributed by atoms with Crippen LogP contribution in [-0.4, -0.2) is 33.4 Å². The van der Waals surface area contributed by atoms with Crippen molar-refractivity contribution in [2.24, 2.45) is 0 Å². The van der Waals surface area contributed by atoms with Crippen LogP contribution in [0.1, 0.15) is 19.4 Å². The van der Waals surface area contributed by atoms with Gasteiger partial charge in [-0.15, -0.1) is 0 Å². The van der Waals surface area contributed by atoms with Crippen molar-refractivity contribution in [1.29, 1.82) is 0 Å². The maximum Gasteiger partial charge on any atom is 0.264 e. The van der Waals surface area contributed by atoms with E-state index in [2.05, 4.69) is 10.6 Å². The van der Waals surface area contributed by atoms with Crippen LogP contribution in [-0.2, 0) is 19.6 Å². The van der Waals surface area contributed by atoms with E-state index in [4.69, 9.17) is 4.74 Å². The zero-order valence-electron chi connectivity index (χ0n) is 19.2. The van der Waals surface area contributed by atoms with Gasteiger partial charge in [0.1, 0.15) is 5.75 Å². The third kappa shape index (κ3) is 6.35. The van der Waals surface area contributed by atoms with Gasteiger partial charge in [0.2, 0.25) is 5.91 Å². The lowest BCUT2D eigenvalue weighted by atomic mass is 10.2. The van der Waals surface area contributed by atoms with E-state index < -0.39 is 10.0 Å². The Hall–Kier alpha value is -3.85. The first-order chi connectivity index (χ1) is 16.2. The predicted molar refractivity (Wildman–Crippen MR) is 133 cm³/mol. The number of anilines is 3. The maximum absolute atomic E-state index is 13.0. The van der Waals surface area contributed by atoms with Gasteiger partial charge < -0.3 is 15.4 Å². The second-order valence-corrected chi connectivity index (χ2v) is 9.43. The molecule has 3 aromatic rings. The number of ether oxygens (including phenoxy) is 1. The first kappa shape index (κ1) is 24.8. The van der Waals surface area contributed by atoms with Gasteiger partial charge in [-0.1, -0.05) is 17.7 Å². The third-order valence-corrected chi connectivity index (χ3v) is 6.80. The zero-order chi connectivity index (χ0) is 24.7. The number of benzene rings is 3. The van der Waals surface area contributed by atoms with Gasteiger partial charge in [0.25, 0.3) is 15.9 Å². The molecule has 0 radical (unpaired) electrons. The van der Waals surface area contributed by atoms with Crippen LogP contribution in [0.25, 0.3) is 0 Å². The minimum Gasteiger partial charge on any atom is -0.484 e. The maximum atomic E-state index is 13.0. The van der Waals surface area contributed by atoms with E-state index in [1.54, 1.807) is 79.7 Å². The summed E-state index contributed by atoms with van der Waals surface area (Å²) in [4.78, 5) is 23.5. The Morgan fingerprint density at radius 3 is 1.94 bits per heavy atom. The molecule has 34 heavy (non-hydrogen) atoms. The summed E-state index contributed by atoms with van der Waals surface area (Å²) in [6.07, 6.45) is 0. The van der Waals surface area contributed by atoms with E-state index in [1.807, 2.05) is 6.92 Å². The van der Waals surface area contributed by atoms with E-state index >= 15 is 0 Å². The molecule has 0 unspecified atom stereocenters. The monoisotopic (exact) mass is 481 g/mol. The fourth-order valence-corrected chi connectivity index (χ4v) is 4.70. The average molecular weight is 482 g/mol. The van der Waals surface area contributed by atoms with E-state index in [-0.39, 0.29) is 29.9 Å². The molecule has 3 aromatic carbocycles. The van der Waals surface area contributed by atoms with Crippen molar-refractivity contribution >= 4 is 38.9 Å². The summed E-state index contributed by atoms with van der Waals surface area (Å²) in [7, 11) is -3.70. The van der Waals surface area contributed by atoms with Crippen molar-refractivity contribution in [3.63, 3.8) is 0 Å². The number of nitrogens with one attached hydrogen (secondary N) is 2. The molecule has 9 heteroatoms. The summed E-state index contributed by atoms with van der Waals surface area (Å²) in [6, 6.07) is 20.0. The summed E-state index contributed by atoms with van der Waals surface area (Å²) < 4.78 is 32.9. The Morgan fingerprint density at radius 1 is 0.853 bits per heavy atom. The van der Waals surface area contributed by atoms with Crippen LogP contribution in [0.3, 0.4) is 0 Å². The van der Waals surface area contributed by atoms with Crippen LogP contribution in [0.4, 0.5) is 17.1 Å². The van der Waals surface area contributed by atoms with Gasteiger partial charge in [-0.2, -0.15) is 0 Å². The van der Waals surface area contributed by atoms with Gasteiger partial charge in [0.15, 0.2) is 6.61 Å². The van der Waals surface area contributed by atoms with Crippen molar-refractivity contribution in [3.8, 4) is 5.75 Å². The molecule has 0 heterocycles. The standard InChI is InChI=1S/C25H27N3O5S/c1-4-28(34(31,32)24-15-5-18(2)6-16-24)22-11-13-23(14-12-22)33-17-25(30)27-21-9-7-20(8-10-21)26-19(3)29/h5-16H,4,17H2,1-3H3,(H,26,29)(H,27,30). The van der Waals surface area contributed by atoms with E-state index in [9.17, 15) is 18.0 Å². The van der Waals surface area contributed by atoms with E-state index in [0.29, 0.717) is 22.8 Å². The van der Waals surface area contributed by atoms with Gasteiger partial charge in [-0.25, -0.2) is 8.42 Å². The van der Waals surface area contributed by atoms with Crippen molar-refractivity contribution in [2.45, 2.75) is 25.7 Å². The molecule has 0 fully saturated rings. The smallest absolute Gasteiger partial charge is 0.264 e. The number of hydrogen-bond acceptors (Lipinski definition) is 5. The summed E-state index contributed by atoms with van der Waals surface area (Å²) >= 11 is 0. The Kier molecular flexibility index (Phi) is 7.91. The van der Waals surface area contributed by atoms with Gasteiger partial charge in [-0.05, 0) is 74.5 Å². The van der Waals surface area contributed by atoms with Crippen LogP contribution < -0.4 is 19.7 Å². The molecule has 2 N–H and O–H groups in total. The molecule has 178 valence electrons. The number of sulfonamides is 1. The summed E-state index contributed by atoms with van der Waals surface area (Å²) in [5.74, 6) is -0.0943. The number of aryl methyl sites for hydroxylation is 1. The predicted octanol–water partition coefficient (Wildman–Crippen LogP) is 4.19. The highest BCUT2D eigenvalue weighted by atomic mass is 32.2. The Bertz CT molecular complexity index is 1240. The number of carbonyl (C=O) groups is 2. The van der Waals surface area contributed by atoms with Gasteiger partial charge >= 0.3 is 0 Å². The molecular formula is C25H27N3O5S. The number of amides is 2. The fraction of sp³-hybridized carbons (Fsp3) is 0.200. The highest BCUT2D eigenvalue weighted by Gasteiger charge is 2.23. The number of carbonyl (C=O) groups excluding carboxylic acids is 2. The highest BCUT2D eigenvalue weighted by molar-refractivity contribution is 7.92. The Morgan fingerprint density at radius 2 is 1.41 bits per heavy atom. The summed E-state index contributed by atoms with van der Waals surface area (Å²) in [5, 5.41) is 5.36. The highest BCUT2D eigenvalue weighted by Crippen LogP contribution is 2.26. The van der Waals surface area contributed by atoms with Crippen LogP contribution in [0.2, 0.25) is 0 Å². The third-order valence-electron chi connectivity index (χ3n) is 4.88. The van der Waals surface area contributed by atoms with Crippen LogP contribution >= 0.6 is 0 Å². The molecule has 0 aliphatic rings. The molecule has 0 aromatic heterocycles. The van der Waals surface area contributed by atoms with Crippen LogP contribution in [0.15, 0.2) is 77.7 Å². The first-order valence-corrected chi connectivity index (χ1v) is 12.1. The van der Waals surface area contributed by atoms with Crippen molar-refractivity contribution < 1.29 is 22.7 Å². The van der Waals surface area contributed by atoms with Crippen molar-refractivity contribution in [1.82, 2.24) is 0 Å². The number of nitrogens with zero attached hydrogens (tertiary/aromatic N) is 1. The minimum atomic E-state index is -3.70. The van der Waals surface area contributed by atoms with Crippen LogP contribution in [0, 0.1) is 6.92 Å². The molecule has 0 saturated heterocycles. The van der Waals surface area contributed by atoms with E-state index in [1.165, 1.54) is 11.2 Å². The second-order valence-electron chi connectivity index (χ2n) is 7.57. The fourth-order valence-electron chi connectivity index (χ4n) is 3.22. The summed E-state index contributed by atoms with van der Waals surface area (Å²) in [6.45, 7) is 5.13.